The highest BCUT2D eigenvalue weighted by atomic mass is 19.1. The van der Waals surface area contributed by atoms with Crippen molar-refractivity contribution in [2.75, 3.05) is 17.6 Å². The van der Waals surface area contributed by atoms with E-state index in [0.717, 1.165) is 18.1 Å². The number of aliphatic imine (C=N–C) groups is 1. The normalized spacial score (nSPS) is 11.0. The fourth-order valence-corrected chi connectivity index (χ4v) is 3.29. The maximum atomic E-state index is 14.5. The summed E-state index contributed by atoms with van der Waals surface area (Å²) in [5.74, 6) is -1.05. The van der Waals surface area contributed by atoms with Crippen molar-refractivity contribution < 1.29 is 8.78 Å². The molecule has 3 aromatic rings. The Morgan fingerprint density at radius 2 is 1.82 bits per heavy atom. The van der Waals surface area contributed by atoms with E-state index >= 15 is 0 Å². The molecule has 7 heteroatoms. The number of hydrogen-bond donors (Lipinski definition) is 3. The van der Waals surface area contributed by atoms with Gasteiger partial charge in [-0.3, -0.25) is 4.99 Å². The lowest BCUT2D eigenvalue weighted by Gasteiger charge is -2.18. The first-order valence-corrected chi connectivity index (χ1v) is 10.5. The third kappa shape index (κ3) is 5.74. The van der Waals surface area contributed by atoms with E-state index < -0.39 is 11.6 Å². The molecule has 4 N–H and O–H groups in total. The maximum Gasteiger partial charge on any atom is 0.149 e. The van der Waals surface area contributed by atoms with Gasteiger partial charge in [0.2, 0.25) is 0 Å². The van der Waals surface area contributed by atoms with Crippen molar-refractivity contribution in [3.8, 4) is 6.07 Å². The van der Waals surface area contributed by atoms with Crippen LogP contribution in [0, 0.1) is 23.0 Å². The average Bonchev–Trinajstić information content (AvgIpc) is 2.81. The number of para-hydroxylation sites is 1. The second-order valence-corrected chi connectivity index (χ2v) is 7.36. The number of nitrogens with zero attached hydrogens (tertiary/aromatic N) is 2. The van der Waals surface area contributed by atoms with Gasteiger partial charge in [-0.05, 0) is 36.2 Å². The number of benzene rings is 3. The molecule has 0 fully saturated rings. The van der Waals surface area contributed by atoms with Crippen molar-refractivity contribution in [1.29, 1.82) is 5.26 Å². The van der Waals surface area contributed by atoms with Gasteiger partial charge in [0.05, 0.1) is 23.9 Å². The summed E-state index contributed by atoms with van der Waals surface area (Å²) in [6.07, 6.45) is 0.766. The molecule has 168 valence electrons. The largest absolute Gasteiger partial charge is 0.398 e. The molecule has 33 heavy (non-hydrogen) atoms. The van der Waals surface area contributed by atoms with Gasteiger partial charge in [0, 0.05) is 35.1 Å². The molecule has 0 aliphatic rings. The topological polar surface area (TPSA) is 86.2 Å². The van der Waals surface area contributed by atoms with E-state index in [1.54, 1.807) is 30.3 Å². The molecule has 0 heterocycles. The Labute approximate surface area is 192 Å². The fourth-order valence-electron chi connectivity index (χ4n) is 3.29. The number of nitrogens with one attached hydrogen (secondary N) is 2. The molecule has 0 saturated carbocycles. The number of nitriles is 1. The fraction of sp³-hybridized carbons (Fsp3) is 0.154. The van der Waals surface area contributed by atoms with Gasteiger partial charge in [0.15, 0.2) is 0 Å². The number of anilines is 2. The van der Waals surface area contributed by atoms with E-state index in [1.807, 2.05) is 25.1 Å². The molecule has 0 radical (unpaired) electrons. The van der Waals surface area contributed by atoms with Gasteiger partial charge < -0.3 is 16.4 Å². The molecule has 3 aromatic carbocycles. The van der Waals surface area contributed by atoms with Crippen LogP contribution in [0.5, 0.6) is 0 Å². The average molecular weight is 446 g/mol. The van der Waals surface area contributed by atoms with Crippen molar-refractivity contribution in [2.45, 2.75) is 19.9 Å². The second-order valence-electron chi connectivity index (χ2n) is 7.36. The van der Waals surface area contributed by atoms with Gasteiger partial charge in [0.25, 0.3) is 0 Å². The standard InChI is InChI=1S/C26H25F2N5/c1-3-12-31-25-22(13-20(27)14-23(25)28)17(2)33-26(21-10-6-7-11-24(21)30)32-16-19-9-5-4-8-18(19)15-29/h4-11,13-14,31H,2-3,12,16,30H2,1H3,(H,32,33). The van der Waals surface area contributed by atoms with Crippen LogP contribution in [0.1, 0.15) is 35.6 Å². The molecule has 0 aliphatic carbocycles. The lowest BCUT2D eigenvalue weighted by molar-refractivity contribution is 0.584. The predicted octanol–water partition coefficient (Wildman–Crippen LogP) is 5.45. The highest BCUT2D eigenvalue weighted by Crippen LogP contribution is 2.27. The Kier molecular flexibility index (Phi) is 7.77. The summed E-state index contributed by atoms with van der Waals surface area (Å²) in [4.78, 5) is 4.64. The lowest BCUT2D eigenvalue weighted by Crippen LogP contribution is -2.25. The number of rotatable bonds is 8. The highest BCUT2D eigenvalue weighted by Gasteiger charge is 2.16. The van der Waals surface area contributed by atoms with Crippen molar-refractivity contribution in [2.24, 2.45) is 4.99 Å². The van der Waals surface area contributed by atoms with Gasteiger partial charge in [-0.15, -0.1) is 0 Å². The Morgan fingerprint density at radius 3 is 2.55 bits per heavy atom. The Morgan fingerprint density at radius 1 is 1.09 bits per heavy atom. The zero-order chi connectivity index (χ0) is 23.8. The molecule has 3 rings (SSSR count). The summed E-state index contributed by atoms with van der Waals surface area (Å²) in [5.41, 5.74) is 9.16. The van der Waals surface area contributed by atoms with E-state index in [0.29, 0.717) is 29.2 Å². The Hall–Kier alpha value is -4.18. The molecular formula is C26H25F2N5. The zero-order valence-electron chi connectivity index (χ0n) is 18.3. The van der Waals surface area contributed by atoms with Crippen LogP contribution >= 0.6 is 0 Å². The minimum atomic E-state index is -0.715. The molecule has 0 spiro atoms. The van der Waals surface area contributed by atoms with Crippen LogP contribution in [0.15, 0.2) is 72.2 Å². The van der Waals surface area contributed by atoms with Gasteiger partial charge in [0.1, 0.15) is 17.5 Å². The third-order valence-corrected chi connectivity index (χ3v) is 4.96. The minimum Gasteiger partial charge on any atom is -0.398 e. The van der Waals surface area contributed by atoms with E-state index in [9.17, 15) is 14.0 Å². The number of halogens is 2. The van der Waals surface area contributed by atoms with E-state index in [2.05, 4.69) is 28.3 Å². The van der Waals surface area contributed by atoms with Gasteiger partial charge in [-0.2, -0.15) is 5.26 Å². The van der Waals surface area contributed by atoms with Crippen LogP contribution in [0.3, 0.4) is 0 Å². The summed E-state index contributed by atoms with van der Waals surface area (Å²) in [7, 11) is 0. The highest BCUT2D eigenvalue weighted by molar-refractivity contribution is 6.07. The quantitative estimate of drug-likeness (QED) is 0.245. The van der Waals surface area contributed by atoms with Crippen LogP contribution in [0.2, 0.25) is 0 Å². The molecule has 0 bridgehead atoms. The van der Waals surface area contributed by atoms with Gasteiger partial charge >= 0.3 is 0 Å². The molecule has 0 atom stereocenters. The summed E-state index contributed by atoms with van der Waals surface area (Å²) >= 11 is 0. The van der Waals surface area contributed by atoms with Crippen molar-refractivity contribution in [1.82, 2.24) is 5.32 Å². The first-order valence-electron chi connectivity index (χ1n) is 10.5. The smallest absolute Gasteiger partial charge is 0.149 e. The zero-order valence-corrected chi connectivity index (χ0v) is 18.3. The molecule has 0 saturated heterocycles. The summed E-state index contributed by atoms with van der Waals surface area (Å²) in [6.45, 7) is 6.66. The van der Waals surface area contributed by atoms with Crippen LogP contribution in [-0.4, -0.2) is 12.4 Å². The number of nitrogens with two attached hydrogens (primary N) is 1. The Bertz CT molecular complexity index is 1230. The third-order valence-electron chi connectivity index (χ3n) is 4.96. The van der Waals surface area contributed by atoms with Gasteiger partial charge in [-0.1, -0.05) is 43.8 Å². The predicted molar refractivity (Wildman–Crippen MR) is 130 cm³/mol. The molecule has 0 unspecified atom stereocenters. The van der Waals surface area contributed by atoms with Crippen molar-refractivity contribution in [3.05, 3.63) is 101 Å². The molecule has 5 nitrogen and oxygen atoms in total. The van der Waals surface area contributed by atoms with Gasteiger partial charge in [-0.25, -0.2) is 8.78 Å². The van der Waals surface area contributed by atoms with E-state index in [4.69, 9.17) is 5.73 Å². The maximum absolute atomic E-state index is 14.5. The summed E-state index contributed by atoms with van der Waals surface area (Å²) < 4.78 is 28.6. The minimum absolute atomic E-state index is 0.158. The number of hydrogen-bond acceptors (Lipinski definition) is 4. The SMILES string of the molecule is C=C(NC(=NCc1ccccc1C#N)c1ccccc1N)c1cc(F)cc(F)c1NCCC. The van der Waals surface area contributed by atoms with Crippen LogP contribution in [-0.2, 0) is 6.54 Å². The van der Waals surface area contributed by atoms with E-state index in [1.165, 1.54) is 6.07 Å². The van der Waals surface area contributed by atoms with Crippen molar-refractivity contribution >= 4 is 22.9 Å². The van der Waals surface area contributed by atoms with Crippen molar-refractivity contribution in [3.63, 3.8) is 0 Å². The number of amidine groups is 1. The van der Waals surface area contributed by atoms with Crippen LogP contribution < -0.4 is 16.4 Å². The first-order chi connectivity index (χ1) is 15.9. The van der Waals surface area contributed by atoms with Crippen LogP contribution in [0.4, 0.5) is 20.2 Å². The molecule has 0 aliphatic heterocycles. The monoisotopic (exact) mass is 445 g/mol. The Balaban J connectivity index is 2.00. The van der Waals surface area contributed by atoms with Crippen LogP contribution in [0.25, 0.3) is 5.70 Å². The first kappa shape index (κ1) is 23.5. The molecule has 0 aromatic heterocycles. The molecule has 0 amide bonds. The molecular weight excluding hydrogens is 420 g/mol. The second kappa shape index (κ2) is 10.9. The van der Waals surface area contributed by atoms with E-state index in [-0.39, 0.29) is 23.5 Å². The summed E-state index contributed by atoms with van der Waals surface area (Å²) in [5, 5.41) is 15.4. The lowest BCUT2D eigenvalue weighted by atomic mass is 10.1. The number of nitrogen functional groups attached to an aromatic ring is 1. The summed E-state index contributed by atoms with van der Waals surface area (Å²) in [6, 6.07) is 18.5.